The van der Waals surface area contributed by atoms with Gasteiger partial charge >= 0.3 is 0 Å². The van der Waals surface area contributed by atoms with E-state index >= 15 is 0 Å². The van der Waals surface area contributed by atoms with E-state index < -0.39 is 0 Å². The number of amides is 1. The van der Waals surface area contributed by atoms with Gasteiger partial charge in [0.25, 0.3) is 0 Å². The second-order valence-corrected chi connectivity index (χ2v) is 6.73. The summed E-state index contributed by atoms with van der Waals surface area (Å²) < 4.78 is 0.235. The summed E-state index contributed by atoms with van der Waals surface area (Å²) in [6.07, 6.45) is 4.63. The van der Waals surface area contributed by atoms with Gasteiger partial charge in [0.05, 0.1) is 5.56 Å². The molecule has 0 aliphatic heterocycles. The number of likely N-dealkylation sites (N-methyl/N-ethyl adjacent to an activating group) is 1. The van der Waals surface area contributed by atoms with Gasteiger partial charge in [-0.3, -0.25) is 10.2 Å². The van der Waals surface area contributed by atoms with Crippen molar-refractivity contribution in [3.8, 4) is 0 Å². The number of carbonyl (C=O) groups is 1. The molecule has 1 aromatic carbocycles. The van der Waals surface area contributed by atoms with Crippen molar-refractivity contribution in [2.75, 3.05) is 37.0 Å². The van der Waals surface area contributed by atoms with Crippen LogP contribution >= 0.6 is 22.6 Å². The Labute approximate surface area is 165 Å². The number of benzene rings is 1. The summed E-state index contributed by atoms with van der Waals surface area (Å²) in [6.45, 7) is 0.690. The number of nitrogens with zero attached hydrogens (tertiary/aromatic N) is 3. The van der Waals surface area contributed by atoms with E-state index in [1.807, 2.05) is 47.7 Å². The number of hydrogen-bond acceptors (Lipinski definition) is 7. The Bertz CT molecular complexity index is 836. The van der Waals surface area contributed by atoms with Gasteiger partial charge in [0.15, 0.2) is 0 Å². The van der Waals surface area contributed by atoms with Crippen molar-refractivity contribution < 1.29 is 4.79 Å². The summed E-state index contributed by atoms with van der Waals surface area (Å²) in [6, 6.07) is 7.20. The molecule has 0 saturated carbocycles. The number of halogens is 1. The van der Waals surface area contributed by atoms with E-state index in [2.05, 4.69) is 20.6 Å². The van der Waals surface area contributed by atoms with Crippen LogP contribution in [-0.4, -0.2) is 45.1 Å². The van der Waals surface area contributed by atoms with Crippen molar-refractivity contribution in [3.05, 3.63) is 48.3 Å². The van der Waals surface area contributed by atoms with Crippen LogP contribution in [0.15, 0.2) is 42.7 Å². The maximum atomic E-state index is 11.9. The van der Waals surface area contributed by atoms with Crippen molar-refractivity contribution in [1.82, 2.24) is 14.9 Å². The lowest BCUT2D eigenvalue weighted by Gasteiger charge is -2.12. The molecule has 2 aromatic rings. The largest absolute Gasteiger partial charge is 0.383 e. The fourth-order valence-electron chi connectivity index (χ4n) is 2.08. The van der Waals surface area contributed by atoms with Crippen LogP contribution in [0.3, 0.4) is 0 Å². The van der Waals surface area contributed by atoms with Gasteiger partial charge < -0.3 is 21.3 Å². The molecule has 0 saturated heterocycles. The van der Waals surface area contributed by atoms with Crippen LogP contribution in [0.5, 0.6) is 0 Å². The molecule has 0 fully saturated rings. The summed E-state index contributed by atoms with van der Waals surface area (Å²) >= 11 is 1.86. The molecule has 9 heteroatoms. The molecule has 1 heterocycles. The van der Waals surface area contributed by atoms with E-state index in [4.69, 9.17) is 11.1 Å². The average molecular weight is 465 g/mol. The first-order valence-electron chi connectivity index (χ1n) is 7.71. The van der Waals surface area contributed by atoms with Gasteiger partial charge in [0.1, 0.15) is 21.7 Å². The predicted molar refractivity (Wildman–Crippen MR) is 113 cm³/mol. The monoisotopic (exact) mass is 465 g/mol. The number of nitrogens with two attached hydrogens (primary N) is 1. The van der Waals surface area contributed by atoms with Crippen molar-refractivity contribution in [3.63, 3.8) is 0 Å². The molecular formula is C17H20IN7O. The molecule has 5 N–H and O–H groups in total. The SMILES string of the molecule is CN(C)C/C=C/C(=O)Nc1cccc(Nc2ncnc(N)c2C(=N)I)c1. The van der Waals surface area contributed by atoms with Gasteiger partial charge in [0.2, 0.25) is 5.91 Å². The van der Waals surface area contributed by atoms with Gasteiger partial charge in [-0.2, -0.15) is 0 Å². The van der Waals surface area contributed by atoms with E-state index in [0.717, 1.165) is 0 Å². The topological polar surface area (TPSA) is 120 Å². The zero-order chi connectivity index (χ0) is 19.1. The Morgan fingerprint density at radius 2 is 2.08 bits per heavy atom. The zero-order valence-electron chi connectivity index (χ0n) is 14.5. The molecule has 136 valence electrons. The average Bonchev–Trinajstić information content (AvgIpc) is 2.54. The van der Waals surface area contributed by atoms with Crippen molar-refractivity contribution in [1.29, 1.82) is 5.41 Å². The van der Waals surface area contributed by atoms with Gasteiger partial charge in [-0.05, 0) is 54.9 Å². The third-order valence-corrected chi connectivity index (χ3v) is 3.77. The summed E-state index contributed by atoms with van der Waals surface area (Å²) in [5, 5.41) is 13.7. The van der Waals surface area contributed by atoms with Crippen LogP contribution in [0, 0.1) is 5.41 Å². The molecule has 2 rings (SSSR count). The maximum absolute atomic E-state index is 11.9. The van der Waals surface area contributed by atoms with Crippen LogP contribution in [-0.2, 0) is 4.79 Å². The number of hydrogen-bond donors (Lipinski definition) is 4. The third-order valence-electron chi connectivity index (χ3n) is 3.23. The highest BCUT2D eigenvalue weighted by Gasteiger charge is 2.12. The predicted octanol–water partition coefficient (Wildman–Crippen LogP) is 2.62. The molecule has 8 nitrogen and oxygen atoms in total. The zero-order valence-corrected chi connectivity index (χ0v) is 16.6. The summed E-state index contributed by atoms with van der Waals surface area (Å²) in [4.78, 5) is 22.0. The van der Waals surface area contributed by atoms with Crippen molar-refractivity contribution in [2.24, 2.45) is 0 Å². The van der Waals surface area contributed by atoms with Crippen LogP contribution in [0.1, 0.15) is 5.56 Å². The van der Waals surface area contributed by atoms with Gasteiger partial charge in [-0.1, -0.05) is 12.1 Å². The standard InChI is InChI=1S/C17H20IN7O/c1-25(2)8-4-7-13(26)23-11-5-3-6-12(9-11)24-17-14(15(18)19)16(20)21-10-22-17/h3-7,9-10,19H,8H2,1-2H3,(H,23,26)(H3,20,21,22,24)/b7-4+,19-15?. The summed E-state index contributed by atoms with van der Waals surface area (Å²) in [5.41, 5.74) is 7.62. The van der Waals surface area contributed by atoms with E-state index in [1.165, 1.54) is 12.4 Å². The van der Waals surface area contributed by atoms with Gasteiger partial charge in [-0.25, -0.2) is 9.97 Å². The van der Waals surface area contributed by atoms with Crippen LogP contribution in [0.25, 0.3) is 0 Å². The minimum Gasteiger partial charge on any atom is -0.383 e. The molecule has 1 aromatic heterocycles. The lowest BCUT2D eigenvalue weighted by atomic mass is 10.2. The first-order valence-corrected chi connectivity index (χ1v) is 8.79. The highest BCUT2D eigenvalue weighted by Crippen LogP contribution is 2.25. The van der Waals surface area contributed by atoms with Gasteiger partial charge in [-0.15, -0.1) is 0 Å². The van der Waals surface area contributed by atoms with E-state index in [9.17, 15) is 4.79 Å². The lowest BCUT2D eigenvalue weighted by molar-refractivity contribution is -0.111. The number of nitrogens with one attached hydrogen (secondary N) is 3. The molecule has 0 atom stereocenters. The van der Waals surface area contributed by atoms with Crippen molar-refractivity contribution in [2.45, 2.75) is 0 Å². The number of aromatic nitrogens is 2. The maximum Gasteiger partial charge on any atom is 0.248 e. The Hall–Kier alpha value is -2.53. The molecule has 26 heavy (non-hydrogen) atoms. The Balaban J connectivity index is 2.13. The van der Waals surface area contributed by atoms with E-state index in [1.54, 1.807) is 24.3 Å². The molecule has 0 aliphatic rings. The number of carbonyl (C=O) groups excluding carboxylic acids is 1. The quantitative estimate of drug-likeness (QED) is 0.284. The summed E-state index contributed by atoms with van der Waals surface area (Å²) in [7, 11) is 3.86. The molecular weight excluding hydrogens is 445 g/mol. The molecule has 0 radical (unpaired) electrons. The lowest BCUT2D eigenvalue weighted by Crippen LogP contribution is -2.13. The fourth-order valence-corrected chi connectivity index (χ4v) is 2.61. The van der Waals surface area contributed by atoms with Crippen LogP contribution < -0.4 is 16.4 Å². The second kappa shape index (κ2) is 9.25. The summed E-state index contributed by atoms with van der Waals surface area (Å²) in [5.74, 6) is 0.466. The van der Waals surface area contributed by atoms with E-state index in [0.29, 0.717) is 29.3 Å². The van der Waals surface area contributed by atoms with Crippen molar-refractivity contribution >= 4 is 55.2 Å². The van der Waals surface area contributed by atoms with Crippen LogP contribution in [0.2, 0.25) is 0 Å². The Morgan fingerprint density at radius 3 is 2.77 bits per heavy atom. The second-order valence-electron chi connectivity index (χ2n) is 5.66. The molecule has 0 aliphatic carbocycles. The number of anilines is 4. The molecule has 1 amide bonds. The minimum absolute atomic E-state index is 0.204. The molecule has 0 spiro atoms. The molecule has 0 unspecified atom stereocenters. The Morgan fingerprint density at radius 1 is 1.35 bits per heavy atom. The minimum atomic E-state index is -0.204. The van der Waals surface area contributed by atoms with Gasteiger partial charge in [0, 0.05) is 24.0 Å². The first-order chi connectivity index (χ1) is 12.4. The highest BCUT2D eigenvalue weighted by molar-refractivity contribution is 14.1. The smallest absolute Gasteiger partial charge is 0.248 e. The van der Waals surface area contributed by atoms with E-state index in [-0.39, 0.29) is 15.4 Å². The fraction of sp³-hybridized carbons (Fsp3) is 0.176. The molecule has 0 bridgehead atoms. The van der Waals surface area contributed by atoms with Crippen LogP contribution in [0.4, 0.5) is 23.0 Å². The number of nitrogen functional groups attached to an aromatic ring is 1. The normalized spacial score (nSPS) is 10.9. The third kappa shape index (κ3) is 5.77. The number of rotatable bonds is 7. The highest BCUT2D eigenvalue weighted by atomic mass is 127. The first kappa shape index (κ1) is 19.8. The Kier molecular flexibility index (Phi) is 7.04.